The Balaban J connectivity index is 2.90. The number of nitrogens with zero attached hydrogens (tertiary/aromatic N) is 2. The van der Waals surface area contributed by atoms with Gasteiger partial charge in [0.2, 0.25) is 0 Å². The molecule has 1 aromatic heterocycles. The molecule has 0 unspecified atom stereocenters. The van der Waals surface area contributed by atoms with Gasteiger partial charge in [-0.25, -0.2) is 4.98 Å². The fraction of sp³-hybridized carbons (Fsp3) is 0.222. The molecule has 0 aliphatic heterocycles. The molecule has 16 heavy (non-hydrogen) atoms. The van der Waals surface area contributed by atoms with Crippen LogP contribution in [0, 0.1) is 10.1 Å². The smallest absolute Gasteiger partial charge is 0.329 e. The maximum Gasteiger partial charge on any atom is 0.329 e. The zero-order valence-electron chi connectivity index (χ0n) is 8.41. The topological polar surface area (TPSA) is 68.1 Å². The maximum absolute atomic E-state index is 10.6. The van der Waals surface area contributed by atoms with Gasteiger partial charge in [0.05, 0.1) is 4.92 Å². The van der Waals surface area contributed by atoms with Gasteiger partial charge >= 0.3 is 4.61 Å². The summed E-state index contributed by atoms with van der Waals surface area (Å²) in [5.41, 5.74) is 1.32. The van der Waals surface area contributed by atoms with E-state index in [1.807, 2.05) is 0 Å². The standard InChI is InChI=1S/C9H9BrClN3O2/c1-12-7(9(10)14(15)16)4-6-2-3-8(11)13-5-6/h2-3,5,12H,4H2,1H3. The van der Waals surface area contributed by atoms with Gasteiger partial charge in [-0.3, -0.25) is 10.1 Å². The van der Waals surface area contributed by atoms with Gasteiger partial charge in [0.1, 0.15) is 10.9 Å². The molecular formula is C9H9BrClN3O2. The van der Waals surface area contributed by atoms with Crippen LogP contribution in [0.15, 0.2) is 28.6 Å². The summed E-state index contributed by atoms with van der Waals surface area (Å²) in [6, 6.07) is 3.41. The van der Waals surface area contributed by atoms with Gasteiger partial charge in [-0.05, 0) is 11.6 Å². The van der Waals surface area contributed by atoms with Crippen LogP contribution in [0.3, 0.4) is 0 Å². The quantitative estimate of drug-likeness (QED) is 0.401. The summed E-state index contributed by atoms with van der Waals surface area (Å²) in [7, 11) is 1.63. The van der Waals surface area contributed by atoms with Gasteiger partial charge in [0.15, 0.2) is 0 Å². The van der Waals surface area contributed by atoms with E-state index in [4.69, 9.17) is 11.6 Å². The van der Waals surface area contributed by atoms with Crippen molar-refractivity contribution in [3.05, 3.63) is 49.5 Å². The van der Waals surface area contributed by atoms with Gasteiger partial charge < -0.3 is 5.32 Å². The number of halogens is 2. The molecular weight excluding hydrogens is 297 g/mol. The van der Waals surface area contributed by atoms with Crippen molar-refractivity contribution in [1.29, 1.82) is 0 Å². The number of likely N-dealkylation sites (N-methyl/N-ethyl adjacent to an activating group) is 1. The fourth-order valence-corrected chi connectivity index (χ4v) is 1.54. The molecule has 1 aromatic rings. The van der Waals surface area contributed by atoms with Crippen molar-refractivity contribution >= 4 is 27.5 Å². The van der Waals surface area contributed by atoms with E-state index in [1.54, 1.807) is 25.4 Å². The monoisotopic (exact) mass is 305 g/mol. The second-order valence-corrected chi connectivity index (χ2v) is 4.08. The van der Waals surface area contributed by atoms with E-state index in [9.17, 15) is 10.1 Å². The van der Waals surface area contributed by atoms with E-state index in [-0.39, 0.29) is 4.61 Å². The molecule has 86 valence electrons. The lowest BCUT2D eigenvalue weighted by Gasteiger charge is -2.05. The first-order valence-corrected chi connectivity index (χ1v) is 5.53. The van der Waals surface area contributed by atoms with Crippen LogP contribution in [-0.4, -0.2) is 17.0 Å². The van der Waals surface area contributed by atoms with Crippen molar-refractivity contribution in [1.82, 2.24) is 10.3 Å². The molecule has 0 fully saturated rings. The van der Waals surface area contributed by atoms with E-state index in [2.05, 4.69) is 26.2 Å². The number of pyridine rings is 1. The molecule has 0 radical (unpaired) electrons. The van der Waals surface area contributed by atoms with Gasteiger partial charge in [0, 0.05) is 35.6 Å². The van der Waals surface area contributed by atoms with Gasteiger partial charge in [-0.15, -0.1) is 0 Å². The molecule has 0 aromatic carbocycles. The number of allylic oxidation sites excluding steroid dienone is 1. The Morgan fingerprint density at radius 3 is 2.81 bits per heavy atom. The summed E-state index contributed by atoms with van der Waals surface area (Å²) in [5, 5.41) is 13.7. The number of aromatic nitrogens is 1. The predicted octanol–water partition coefficient (Wildman–Crippen LogP) is 2.34. The van der Waals surface area contributed by atoms with Crippen LogP contribution in [0.2, 0.25) is 5.15 Å². The van der Waals surface area contributed by atoms with E-state index in [1.165, 1.54) is 0 Å². The molecule has 1 heterocycles. The van der Waals surface area contributed by atoms with E-state index in [0.29, 0.717) is 17.3 Å². The largest absolute Gasteiger partial charge is 0.385 e. The molecule has 1 rings (SSSR count). The van der Waals surface area contributed by atoms with Crippen molar-refractivity contribution in [2.45, 2.75) is 6.42 Å². The highest BCUT2D eigenvalue weighted by Gasteiger charge is 2.14. The Kier molecular flexibility index (Phi) is 4.70. The van der Waals surface area contributed by atoms with Crippen LogP contribution in [0.25, 0.3) is 0 Å². The molecule has 0 spiro atoms. The van der Waals surface area contributed by atoms with Crippen LogP contribution < -0.4 is 5.32 Å². The number of hydrogen-bond donors (Lipinski definition) is 1. The average Bonchev–Trinajstić information content (AvgIpc) is 2.27. The third-order valence-corrected chi connectivity index (χ3v) is 2.87. The molecule has 0 saturated carbocycles. The van der Waals surface area contributed by atoms with Crippen LogP contribution in [0.1, 0.15) is 5.56 Å². The SMILES string of the molecule is CNC(Cc1ccc(Cl)nc1)=C(Br)[N+](=O)[O-]. The average molecular weight is 307 g/mol. The van der Waals surface area contributed by atoms with Crippen molar-refractivity contribution in [2.24, 2.45) is 0 Å². The third kappa shape index (κ3) is 3.46. The van der Waals surface area contributed by atoms with Crippen molar-refractivity contribution in [2.75, 3.05) is 7.05 Å². The van der Waals surface area contributed by atoms with E-state index < -0.39 is 4.92 Å². The van der Waals surface area contributed by atoms with Crippen LogP contribution in [0.4, 0.5) is 0 Å². The first-order chi connectivity index (χ1) is 7.54. The Labute approximate surface area is 106 Å². The first kappa shape index (κ1) is 12.9. The van der Waals surface area contributed by atoms with Crippen LogP contribution in [-0.2, 0) is 6.42 Å². The molecule has 5 nitrogen and oxygen atoms in total. The third-order valence-electron chi connectivity index (χ3n) is 1.88. The second-order valence-electron chi connectivity index (χ2n) is 2.94. The molecule has 0 aliphatic carbocycles. The Hall–Kier alpha value is -1.14. The maximum atomic E-state index is 10.6. The lowest BCUT2D eigenvalue weighted by atomic mass is 10.2. The summed E-state index contributed by atoms with van der Waals surface area (Å²) < 4.78 is -0.0787. The second kappa shape index (κ2) is 5.81. The van der Waals surface area contributed by atoms with E-state index in [0.717, 1.165) is 5.56 Å². The van der Waals surface area contributed by atoms with E-state index >= 15 is 0 Å². The van der Waals surface area contributed by atoms with Gasteiger partial charge in [-0.2, -0.15) is 0 Å². The molecule has 0 aliphatic rings. The molecule has 0 bridgehead atoms. The highest BCUT2D eigenvalue weighted by Crippen LogP contribution is 2.15. The van der Waals surface area contributed by atoms with Crippen LogP contribution >= 0.6 is 27.5 Å². The Bertz CT molecular complexity index is 419. The zero-order chi connectivity index (χ0) is 12.1. The van der Waals surface area contributed by atoms with Gasteiger partial charge in [0.25, 0.3) is 0 Å². The number of nitrogens with one attached hydrogen (secondary N) is 1. The van der Waals surface area contributed by atoms with Crippen molar-refractivity contribution < 1.29 is 4.92 Å². The summed E-state index contributed by atoms with van der Waals surface area (Å²) in [6.45, 7) is 0. The zero-order valence-corrected chi connectivity index (χ0v) is 10.7. The minimum absolute atomic E-state index is 0.0787. The Morgan fingerprint density at radius 1 is 1.69 bits per heavy atom. The lowest BCUT2D eigenvalue weighted by molar-refractivity contribution is -0.410. The predicted molar refractivity (Wildman–Crippen MR) is 65.0 cm³/mol. The lowest BCUT2D eigenvalue weighted by Crippen LogP contribution is -2.13. The summed E-state index contributed by atoms with van der Waals surface area (Å²) >= 11 is 8.55. The van der Waals surface area contributed by atoms with Gasteiger partial charge in [-0.1, -0.05) is 17.7 Å². The minimum Gasteiger partial charge on any atom is -0.385 e. The number of rotatable bonds is 4. The van der Waals surface area contributed by atoms with Crippen molar-refractivity contribution in [3.8, 4) is 0 Å². The highest BCUT2D eigenvalue weighted by atomic mass is 79.9. The summed E-state index contributed by atoms with van der Waals surface area (Å²) in [5.74, 6) is 0. The van der Waals surface area contributed by atoms with Crippen molar-refractivity contribution in [3.63, 3.8) is 0 Å². The Morgan fingerprint density at radius 2 is 2.38 bits per heavy atom. The molecule has 7 heteroatoms. The molecule has 0 saturated heterocycles. The fourth-order valence-electron chi connectivity index (χ4n) is 1.09. The number of hydrogen-bond acceptors (Lipinski definition) is 4. The minimum atomic E-state index is -0.491. The number of nitro groups is 1. The highest BCUT2D eigenvalue weighted by molar-refractivity contribution is 9.11. The normalized spacial score (nSPS) is 11.9. The molecule has 1 N–H and O–H groups in total. The summed E-state index contributed by atoms with van der Waals surface area (Å²) in [4.78, 5) is 14.0. The van der Waals surface area contributed by atoms with Crippen LogP contribution in [0.5, 0.6) is 0 Å². The molecule has 0 amide bonds. The first-order valence-electron chi connectivity index (χ1n) is 4.35. The molecule has 0 atom stereocenters. The summed E-state index contributed by atoms with van der Waals surface area (Å²) in [6.07, 6.45) is 1.97.